The maximum Gasteiger partial charge on any atom is 0.217 e. The average Bonchev–Trinajstić information content (AvgIpc) is 3.05. The number of nitrogens with one attached hydrogen (secondary N) is 2. The molecule has 1 saturated carbocycles. The monoisotopic (exact) mass is 302 g/mol. The maximum atomic E-state index is 11.3. The van der Waals surface area contributed by atoms with E-state index >= 15 is 0 Å². The number of hydrogen-bond donors (Lipinski definition) is 2. The largest absolute Gasteiger partial charge is 0.351 e. The lowest BCUT2D eigenvalue weighted by atomic mass is 9.94. The molecule has 1 aromatic carbocycles. The topological polar surface area (TPSA) is 41.1 Å². The van der Waals surface area contributed by atoms with E-state index < -0.39 is 0 Å². The van der Waals surface area contributed by atoms with E-state index in [2.05, 4.69) is 62.6 Å². The molecule has 0 aliphatic heterocycles. The van der Waals surface area contributed by atoms with Crippen LogP contribution in [0.4, 0.5) is 0 Å². The van der Waals surface area contributed by atoms with Crippen LogP contribution in [0, 0.1) is 6.92 Å². The SMILES string of the molecule is CC(=O)NC(C)(C)C[C@H](C)NC1(Cc2cccc(C)c2)CC1. The number of benzene rings is 1. The van der Waals surface area contributed by atoms with Crippen LogP contribution < -0.4 is 10.6 Å². The van der Waals surface area contributed by atoms with Crippen molar-refractivity contribution in [3.05, 3.63) is 35.4 Å². The second-order valence-corrected chi connectivity index (χ2v) is 7.76. The molecule has 0 bridgehead atoms. The third-order valence-electron chi connectivity index (χ3n) is 4.36. The van der Waals surface area contributed by atoms with Gasteiger partial charge in [0.2, 0.25) is 5.91 Å². The molecule has 2 N–H and O–H groups in total. The van der Waals surface area contributed by atoms with Crippen molar-refractivity contribution in [2.24, 2.45) is 0 Å². The highest BCUT2D eigenvalue weighted by atomic mass is 16.1. The fourth-order valence-electron chi connectivity index (χ4n) is 3.60. The Hall–Kier alpha value is -1.35. The number of hydrogen-bond acceptors (Lipinski definition) is 2. The Kier molecular flexibility index (Phi) is 4.96. The smallest absolute Gasteiger partial charge is 0.217 e. The van der Waals surface area contributed by atoms with Crippen LogP contribution in [0.5, 0.6) is 0 Å². The molecule has 0 unspecified atom stereocenters. The van der Waals surface area contributed by atoms with Crippen molar-refractivity contribution >= 4 is 5.91 Å². The molecule has 1 aromatic rings. The van der Waals surface area contributed by atoms with Gasteiger partial charge in [-0.25, -0.2) is 0 Å². The van der Waals surface area contributed by atoms with E-state index in [9.17, 15) is 4.79 Å². The van der Waals surface area contributed by atoms with Gasteiger partial charge >= 0.3 is 0 Å². The van der Waals surface area contributed by atoms with Gasteiger partial charge in [0.25, 0.3) is 0 Å². The summed E-state index contributed by atoms with van der Waals surface area (Å²) in [7, 11) is 0. The van der Waals surface area contributed by atoms with Gasteiger partial charge in [-0.15, -0.1) is 0 Å². The van der Waals surface area contributed by atoms with Gasteiger partial charge in [-0.05, 0) is 58.9 Å². The van der Waals surface area contributed by atoms with Crippen molar-refractivity contribution in [2.45, 2.75) is 77.4 Å². The minimum atomic E-state index is -0.169. The second kappa shape index (κ2) is 6.41. The lowest BCUT2D eigenvalue weighted by molar-refractivity contribution is -0.120. The molecular formula is C19H30N2O. The van der Waals surface area contributed by atoms with E-state index in [1.54, 1.807) is 6.92 Å². The number of carbonyl (C=O) groups is 1. The van der Waals surface area contributed by atoms with E-state index in [-0.39, 0.29) is 17.0 Å². The molecule has 0 spiro atoms. The quantitative estimate of drug-likeness (QED) is 0.811. The van der Waals surface area contributed by atoms with Crippen molar-refractivity contribution < 1.29 is 4.79 Å². The van der Waals surface area contributed by atoms with Gasteiger partial charge in [0, 0.05) is 24.0 Å². The molecule has 22 heavy (non-hydrogen) atoms. The Labute approximate surface area is 134 Å². The summed E-state index contributed by atoms with van der Waals surface area (Å²) in [5, 5.41) is 6.85. The Balaban J connectivity index is 1.90. The highest BCUT2D eigenvalue weighted by molar-refractivity contribution is 5.73. The Morgan fingerprint density at radius 3 is 2.59 bits per heavy atom. The summed E-state index contributed by atoms with van der Waals surface area (Å²) in [6.45, 7) is 10.1. The fraction of sp³-hybridized carbons (Fsp3) is 0.632. The first kappa shape index (κ1) is 17.0. The molecular weight excluding hydrogens is 272 g/mol. The zero-order valence-corrected chi connectivity index (χ0v) is 14.6. The molecule has 1 aliphatic rings. The van der Waals surface area contributed by atoms with Crippen molar-refractivity contribution in [3.8, 4) is 0 Å². The van der Waals surface area contributed by atoms with Gasteiger partial charge in [0.15, 0.2) is 0 Å². The van der Waals surface area contributed by atoms with E-state index in [0.717, 1.165) is 12.8 Å². The van der Waals surface area contributed by atoms with Crippen LogP contribution in [0.25, 0.3) is 0 Å². The Bertz CT molecular complexity index is 532. The highest BCUT2D eigenvalue weighted by Crippen LogP contribution is 2.39. The van der Waals surface area contributed by atoms with E-state index in [4.69, 9.17) is 0 Å². The molecule has 3 heteroatoms. The third kappa shape index (κ3) is 5.13. The lowest BCUT2D eigenvalue weighted by Gasteiger charge is -2.32. The number of aryl methyl sites for hydroxylation is 1. The molecule has 0 aromatic heterocycles. The van der Waals surface area contributed by atoms with E-state index in [1.807, 2.05) is 0 Å². The Morgan fingerprint density at radius 1 is 1.36 bits per heavy atom. The molecule has 0 heterocycles. The first-order chi connectivity index (χ1) is 10.2. The highest BCUT2D eigenvalue weighted by Gasteiger charge is 2.43. The lowest BCUT2D eigenvalue weighted by Crippen LogP contribution is -2.49. The number of amides is 1. The molecule has 1 fully saturated rings. The summed E-state index contributed by atoms with van der Waals surface area (Å²) in [5.74, 6) is 0.0399. The second-order valence-electron chi connectivity index (χ2n) is 7.76. The van der Waals surface area contributed by atoms with Gasteiger partial charge in [-0.2, -0.15) is 0 Å². The molecule has 1 aliphatic carbocycles. The maximum absolute atomic E-state index is 11.3. The van der Waals surface area contributed by atoms with Crippen molar-refractivity contribution in [2.75, 3.05) is 0 Å². The number of carbonyl (C=O) groups excluding carboxylic acids is 1. The average molecular weight is 302 g/mol. The van der Waals surface area contributed by atoms with Crippen LogP contribution in [0.3, 0.4) is 0 Å². The van der Waals surface area contributed by atoms with Crippen LogP contribution in [0.15, 0.2) is 24.3 Å². The zero-order chi connectivity index (χ0) is 16.4. The molecule has 1 amide bonds. The summed E-state index contributed by atoms with van der Waals surface area (Å²) in [4.78, 5) is 11.3. The number of rotatable bonds is 7. The first-order valence-electron chi connectivity index (χ1n) is 8.32. The summed E-state index contributed by atoms with van der Waals surface area (Å²) < 4.78 is 0. The predicted octanol–water partition coefficient (Wildman–Crippen LogP) is 3.35. The van der Waals surface area contributed by atoms with Crippen molar-refractivity contribution in [1.82, 2.24) is 10.6 Å². The van der Waals surface area contributed by atoms with E-state index in [0.29, 0.717) is 6.04 Å². The molecule has 1 atom stereocenters. The predicted molar refractivity (Wildman–Crippen MR) is 92.0 cm³/mol. The molecule has 3 nitrogen and oxygen atoms in total. The van der Waals surface area contributed by atoms with Crippen LogP contribution in [0.2, 0.25) is 0 Å². The third-order valence-corrected chi connectivity index (χ3v) is 4.36. The summed E-state index contributed by atoms with van der Waals surface area (Å²) >= 11 is 0. The molecule has 0 radical (unpaired) electrons. The van der Waals surface area contributed by atoms with Crippen molar-refractivity contribution in [1.29, 1.82) is 0 Å². The van der Waals surface area contributed by atoms with Crippen LogP contribution in [-0.4, -0.2) is 23.0 Å². The minimum absolute atomic E-state index is 0.0399. The van der Waals surface area contributed by atoms with Crippen LogP contribution in [0.1, 0.15) is 58.1 Å². The molecule has 2 rings (SSSR count). The Morgan fingerprint density at radius 2 is 2.05 bits per heavy atom. The summed E-state index contributed by atoms with van der Waals surface area (Å²) in [5.41, 5.74) is 2.84. The van der Waals surface area contributed by atoms with E-state index in [1.165, 1.54) is 24.0 Å². The van der Waals surface area contributed by atoms with Gasteiger partial charge in [0.1, 0.15) is 0 Å². The first-order valence-corrected chi connectivity index (χ1v) is 8.32. The fourth-order valence-corrected chi connectivity index (χ4v) is 3.60. The van der Waals surface area contributed by atoms with Gasteiger partial charge in [-0.3, -0.25) is 4.79 Å². The van der Waals surface area contributed by atoms with Crippen LogP contribution >= 0.6 is 0 Å². The van der Waals surface area contributed by atoms with Gasteiger partial charge < -0.3 is 10.6 Å². The summed E-state index contributed by atoms with van der Waals surface area (Å²) in [6, 6.07) is 9.18. The van der Waals surface area contributed by atoms with Crippen molar-refractivity contribution in [3.63, 3.8) is 0 Å². The van der Waals surface area contributed by atoms with Gasteiger partial charge in [-0.1, -0.05) is 29.8 Å². The standard InChI is InChI=1S/C19H30N2O/c1-14-7-6-8-17(11-14)13-19(9-10-19)20-15(2)12-18(4,5)21-16(3)22/h6-8,11,15,20H,9-10,12-13H2,1-5H3,(H,21,22)/t15-/m0/s1. The van der Waals surface area contributed by atoms with Crippen LogP contribution in [-0.2, 0) is 11.2 Å². The molecule has 122 valence electrons. The summed E-state index contributed by atoms with van der Waals surface area (Å²) in [6.07, 6.45) is 4.51. The van der Waals surface area contributed by atoms with Gasteiger partial charge in [0.05, 0.1) is 0 Å². The molecule has 0 saturated heterocycles. The minimum Gasteiger partial charge on any atom is -0.351 e. The zero-order valence-electron chi connectivity index (χ0n) is 14.6. The normalized spacial score (nSPS) is 17.9.